The Kier molecular flexibility index (Phi) is 6.53. The van der Waals surface area contributed by atoms with Gasteiger partial charge in [0.15, 0.2) is 0 Å². The molecule has 0 bridgehead atoms. The molecule has 1 aliphatic heterocycles. The minimum atomic E-state index is 0.118. The minimum Gasteiger partial charge on any atom is -0.340 e. The monoisotopic (exact) mass is 370 g/mol. The highest BCUT2D eigenvalue weighted by atomic mass is 16.2. The average Bonchev–Trinajstić information content (AvgIpc) is 2.98. The van der Waals surface area contributed by atoms with Crippen molar-refractivity contribution in [2.24, 2.45) is 13.0 Å². The van der Waals surface area contributed by atoms with Crippen molar-refractivity contribution in [3.63, 3.8) is 0 Å². The zero-order valence-corrected chi connectivity index (χ0v) is 17.3. The fourth-order valence-corrected chi connectivity index (χ4v) is 4.12. The predicted octanol–water partition coefficient (Wildman–Crippen LogP) is 3.82. The SMILES string of the molecule is CCCCN(C(=O)[C@H]1CCCN(Cc2nc3ccccc3n2C)C1)C(C)C. The first-order valence-electron chi connectivity index (χ1n) is 10.4. The van der Waals surface area contributed by atoms with E-state index >= 15 is 0 Å². The van der Waals surface area contributed by atoms with Crippen molar-refractivity contribution < 1.29 is 4.79 Å². The topological polar surface area (TPSA) is 41.4 Å². The molecule has 148 valence electrons. The Morgan fingerprint density at radius 1 is 1.33 bits per heavy atom. The summed E-state index contributed by atoms with van der Waals surface area (Å²) in [5, 5.41) is 0. The zero-order chi connectivity index (χ0) is 19.4. The van der Waals surface area contributed by atoms with Gasteiger partial charge in [0.05, 0.1) is 23.5 Å². The Balaban J connectivity index is 1.68. The van der Waals surface area contributed by atoms with Crippen molar-refractivity contribution in [1.29, 1.82) is 0 Å². The van der Waals surface area contributed by atoms with E-state index in [-0.39, 0.29) is 12.0 Å². The number of carbonyl (C=O) groups is 1. The maximum Gasteiger partial charge on any atom is 0.227 e. The number of fused-ring (bicyclic) bond motifs is 1. The molecule has 27 heavy (non-hydrogen) atoms. The fourth-order valence-electron chi connectivity index (χ4n) is 4.12. The molecule has 1 saturated heterocycles. The fraction of sp³-hybridized carbons (Fsp3) is 0.636. The molecule has 1 fully saturated rings. The lowest BCUT2D eigenvalue weighted by Gasteiger charge is -2.36. The molecule has 0 saturated carbocycles. The lowest BCUT2D eigenvalue weighted by atomic mass is 9.95. The maximum absolute atomic E-state index is 13.1. The van der Waals surface area contributed by atoms with E-state index < -0.39 is 0 Å². The zero-order valence-electron chi connectivity index (χ0n) is 17.3. The van der Waals surface area contributed by atoms with Crippen LogP contribution in [-0.4, -0.2) is 50.9 Å². The maximum atomic E-state index is 13.1. The second-order valence-corrected chi connectivity index (χ2v) is 8.13. The van der Waals surface area contributed by atoms with Gasteiger partial charge in [0, 0.05) is 26.2 Å². The molecule has 0 aliphatic carbocycles. The van der Waals surface area contributed by atoms with E-state index in [0.717, 1.165) is 63.2 Å². The van der Waals surface area contributed by atoms with Crippen molar-refractivity contribution >= 4 is 16.9 Å². The number of aryl methyl sites for hydroxylation is 1. The number of carbonyl (C=O) groups excluding carboxylic acids is 1. The van der Waals surface area contributed by atoms with E-state index in [0.29, 0.717) is 5.91 Å². The van der Waals surface area contributed by atoms with Crippen molar-refractivity contribution in [1.82, 2.24) is 19.4 Å². The number of unbranched alkanes of at least 4 members (excludes halogenated alkanes) is 1. The summed E-state index contributed by atoms with van der Waals surface area (Å²) in [6.45, 7) is 10.0. The number of hydrogen-bond acceptors (Lipinski definition) is 3. The number of amides is 1. The second-order valence-electron chi connectivity index (χ2n) is 8.13. The Labute approximate surface area is 163 Å². The summed E-state index contributed by atoms with van der Waals surface area (Å²) in [4.78, 5) is 22.4. The molecule has 0 N–H and O–H groups in total. The van der Waals surface area contributed by atoms with Crippen LogP contribution in [0.1, 0.15) is 52.3 Å². The number of benzene rings is 1. The van der Waals surface area contributed by atoms with Crippen LogP contribution in [0.2, 0.25) is 0 Å². The second kappa shape index (κ2) is 8.87. The van der Waals surface area contributed by atoms with Crippen LogP contribution in [0, 0.1) is 5.92 Å². The first-order valence-corrected chi connectivity index (χ1v) is 10.4. The summed E-state index contributed by atoms with van der Waals surface area (Å²) in [6, 6.07) is 8.54. The number of piperidine rings is 1. The van der Waals surface area contributed by atoms with Gasteiger partial charge in [0.2, 0.25) is 5.91 Å². The highest BCUT2D eigenvalue weighted by Gasteiger charge is 2.30. The van der Waals surface area contributed by atoms with E-state index in [4.69, 9.17) is 4.98 Å². The first kappa shape index (κ1) is 19.9. The van der Waals surface area contributed by atoms with E-state index in [1.54, 1.807) is 0 Å². The van der Waals surface area contributed by atoms with E-state index in [1.807, 2.05) is 6.07 Å². The van der Waals surface area contributed by atoms with Gasteiger partial charge >= 0.3 is 0 Å². The molecule has 5 nitrogen and oxygen atoms in total. The first-order chi connectivity index (χ1) is 13.0. The molecule has 1 aromatic heterocycles. The van der Waals surface area contributed by atoms with Crippen molar-refractivity contribution in [2.45, 2.75) is 59.0 Å². The summed E-state index contributed by atoms with van der Waals surface area (Å²) >= 11 is 0. The number of nitrogens with zero attached hydrogens (tertiary/aromatic N) is 4. The van der Waals surface area contributed by atoms with Crippen LogP contribution in [0.25, 0.3) is 11.0 Å². The van der Waals surface area contributed by atoms with Gasteiger partial charge in [-0.1, -0.05) is 25.5 Å². The number of aromatic nitrogens is 2. The molecule has 1 aromatic carbocycles. The van der Waals surface area contributed by atoms with E-state index in [1.165, 1.54) is 5.52 Å². The molecule has 1 amide bonds. The molecule has 5 heteroatoms. The van der Waals surface area contributed by atoms with Gasteiger partial charge in [-0.15, -0.1) is 0 Å². The van der Waals surface area contributed by atoms with Gasteiger partial charge in [0.25, 0.3) is 0 Å². The van der Waals surface area contributed by atoms with Crippen LogP contribution in [0.15, 0.2) is 24.3 Å². The molecule has 1 atom stereocenters. The number of rotatable bonds is 7. The number of para-hydroxylation sites is 2. The summed E-state index contributed by atoms with van der Waals surface area (Å²) in [6.07, 6.45) is 4.30. The third-order valence-corrected chi connectivity index (χ3v) is 5.76. The van der Waals surface area contributed by atoms with Crippen molar-refractivity contribution in [2.75, 3.05) is 19.6 Å². The summed E-state index contributed by atoms with van der Waals surface area (Å²) in [5.74, 6) is 1.54. The minimum absolute atomic E-state index is 0.118. The van der Waals surface area contributed by atoms with Crippen LogP contribution in [0.3, 0.4) is 0 Å². The van der Waals surface area contributed by atoms with Crippen LogP contribution < -0.4 is 0 Å². The molecule has 2 aromatic rings. The molecule has 0 radical (unpaired) electrons. The van der Waals surface area contributed by atoms with Gasteiger partial charge in [-0.05, 0) is 51.8 Å². The van der Waals surface area contributed by atoms with Gasteiger partial charge in [-0.3, -0.25) is 9.69 Å². The highest BCUT2D eigenvalue weighted by Crippen LogP contribution is 2.23. The van der Waals surface area contributed by atoms with Gasteiger partial charge < -0.3 is 9.47 Å². The van der Waals surface area contributed by atoms with Crippen molar-refractivity contribution in [3.05, 3.63) is 30.1 Å². The smallest absolute Gasteiger partial charge is 0.227 e. The third kappa shape index (κ3) is 4.52. The molecular formula is C22H34N4O. The van der Waals surface area contributed by atoms with Crippen molar-refractivity contribution in [3.8, 4) is 0 Å². The molecular weight excluding hydrogens is 336 g/mol. The quantitative estimate of drug-likeness (QED) is 0.744. The lowest BCUT2D eigenvalue weighted by Crippen LogP contribution is -2.47. The summed E-state index contributed by atoms with van der Waals surface area (Å²) < 4.78 is 2.18. The Hall–Kier alpha value is -1.88. The van der Waals surface area contributed by atoms with E-state index in [2.05, 4.69) is 60.4 Å². The molecule has 3 rings (SSSR count). The van der Waals surface area contributed by atoms with Crippen LogP contribution in [-0.2, 0) is 18.4 Å². The lowest BCUT2D eigenvalue weighted by molar-refractivity contribution is -0.139. The number of hydrogen-bond donors (Lipinski definition) is 0. The standard InChI is InChI=1S/C22H34N4O/c1-5-6-14-26(17(2)3)22(27)18-10-9-13-25(15-18)16-21-23-19-11-7-8-12-20(19)24(21)4/h7-8,11-12,17-18H,5-6,9-10,13-16H2,1-4H3/t18-/m0/s1. The van der Waals surface area contributed by atoms with Crippen LogP contribution >= 0.6 is 0 Å². The average molecular weight is 371 g/mol. The third-order valence-electron chi connectivity index (χ3n) is 5.76. The summed E-state index contributed by atoms with van der Waals surface area (Å²) in [5.41, 5.74) is 2.22. The van der Waals surface area contributed by atoms with Gasteiger partial charge in [-0.2, -0.15) is 0 Å². The number of imidazole rings is 1. The highest BCUT2D eigenvalue weighted by molar-refractivity contribution is 5.79. The molecule has 1 aliphatic rings. The normalized spacial score (nSPS) is 18.3. The molecule has 0 unspecified atom stereocenters. The number of likely N-dealkylation sites (tertiary alicyclic amines) is 1. The largest absolute Gasteiger partial charge is 0.340 e. The molecule has 2 heterocycles. The van der Waals surface area contributed by atoms with Crippen LogP contribution in [0.4, 0.5) is 0 Å². The van der Waals surface area contributed by atoms with E-state index in [9.17, 15) is 4.79 Å². The Morgan fingerprint density at radius 2 is 2.11 bits per heavy atom. The molecule has 0 spiro atoms. The van der Waals surface area contributed by atoms with Crippen LogP contribution in [0.5, 0.6) is 0 Å². The van der Waals surface area contributed by atoms with Gasteiger partial charge in [-0.25, -0.2) is 4.98 Å². The predicted molar refractivity (Wildman–Crippen MR) is 110 cm³/mol. The summed E-state index contributed by atoms with van der Waals surface area (Å²) in [7, 11) is 2.09. The van der Waals surface area contributed by atoms with Gasteiger partial charge in [0.1, 0.15) is 5.82 Å². The Morgan fingerprint density at radius 3 is 2.81 bits per heavy atom. The Bertz CT molecular complexity index is 767.